The maximum absolute atomic E-state index is 14.5. The minimum Gasteiger partial charge on any atom is -0.323 e. The van der Waals surface area contributed by atoms with E-state index in [1.54, 1.807) is 6.07 Å². The van der Waals surface area contributed by atoms with Crippen LogP contribution in [0.1, 0.15) is 11.1 Å². The molecule has 4 rings (SSSR count). The average Bonchev–Trinajstić information content (AvgIpc) is 2.99. The number of hydrogen-bond acceptors (Lipinski definition) is 7. The van der Waals surface area contributed by atoms with Crippen LogP contribution in [-0.4, -0.2) is 29.1 Å². The summed E-state index contributed by atoms with van der Waals surface area (Å²) in [6, 6.07) is 14.4. The number of halogens is 3. The molecule has 3 aromatic rings. The van der Waals surface area contributed by atoms with Crippen LogP contribution >= 0.6 is 23.2 Å². The lowest BCUT2D eigenvalue weighted by molar-refractivity contribution is -0.384. The number of nitro groups is 1. The average molecular weight is 502 g/mol. The number of nitrogens with one attached hydrogen (secondary N) is 2. The number of amidine groups is 1. The molecule has 1 aliphatic heterocycles. The van der Waals surface area contributed by atoms with Crippen molar-refractivity contribution < 1.29 is 18.9 Å². The number of anilines is 1. The fourth-order valence-corrected chi connectivity index (χ4v) is 3.40. The molecule has 0 spiro atoms. The third-order valence-corrected chi connectivity index (χ3v) is 5.38. The Morgan fingerprint density at radius 3 is 2.59 bits per heavy atom. The van der Waals surface area contributed by atoms with Crippen LogP contribution in [0, 0.1) is 15.9 Å². The zero-order valence-corrected chi connectivity index (χ0v) is 18.6. The number of carbonyl (C=O) groups is 1. The Labute approximate surface area is 202 Å². The number of aliphatic imine (C=N–C) groups is 2. The van der Waals surface area contributed by atoms with Gasteiger partial charge in [-0.2, -0.15) is 0 Å². The van der Waals surface area contributed by atoms with Gasteiger partial charge in [-0.15, -0.1) is 0 Å². The van der Waals surface area contributed by atoms with Crippen molar-refractivity contribution >= 4 is 57.9 Å². The molecule has 0 fully saturated rings. The summed E-state index contributed by atoms with van der Waals surface area (Å²) in [6.45, 7) is -0.119. The Kier molecular flexibility index (Phi) is 6.71. The minimum absolute atomic E-state index is 0.116. The number of benzene rings is 3. The molecular formula is C22H14Cl2FN5O4. The van der Waals surface area contributed by atoms with E-state index in [4.69, 9.17) is 28.0 Å². The van der Waals surface area contributed by atoms with E-state index >= 15 is 0 Å². The molecule has 0 aliphatic carbocycles. The Hall–Kier alpha value is -4.02. The van der Waals surface area contributed by atoms with Crippen molar-refractivity contribution in [2.24, 2.45) is 9.98 Å². The van der Waals surface area contributed by atoms with Crippen molar-refractivity contribution in [1.82, 2.24) is 5.48 Å². The van der Waals surface area contributed by atoms with Gasteiger partial charge >= 0.3 is 6.09 Å². The van der Waals surface area contributed by atoms with Gasteiger partial charge in [0.05, 0.1) is 26.4 Å². The first kappa shape index (κ1) is 23.1. The van der Waals surface area contributed by atoms with Gasteiger partial charge in [-0.25, -0.2) is 19.7 Å². The number of rotatable bonds is 3. The summed E-state index contributed by atoms with van der Waals surface area (Å²) in [6.07, 6.45) is -0.868. The van der Waals surface area contributed by atoms with Crippen molar-refractivity contribution in [3.05, 3.63) is 97.8 Å². The first-order valence-corrected chi connectivity index (χ1v) is 10.4. The van der Waals surface area contributed by atoms with Crippen LogP contribution in [0.15, 0.2) is 70.6 Å². The van der Waals surface area contributed by atoms with Gasteiger partial charge in [0, 0.05) is 28.9 Å². The van der Waals surface area contributed by atoms with E-state index in [1.807, 2.05) is 0 Å². The number of hydrogen-bond donors (Lipinski definition) is 2. The van der Waals surface area contributed by atoms with Crippen LogP contribution in [-0.2, 0) is 4.84 Å². The van der Waals surface area contributed by atoms with Crippen molar-refractivity contribution in [3.63, 3.8) is 0 Å². The van der Waals surface area contributed by atoms with Gasteiger partial charge in [-0.1, -0.05) is 35.3 Å². The maximum Gasteiger partial charge on any atom is 0.435 e. The van der Waals surface area contributed by atoms with E-state index in [9.17, 15) is 19.3 Å². The van der Waals surface area contributed by atoms with E-state index in [1.165, 1.54) is 54.6 Å². The molecular weight excluding hydrogens is 488 g/mol. The summed E-state index contributed by atoms with van der Waals surface area (Å²) in [4.78, 5) is 36.6. The van der Waals surface area contributed by atoms with Crippen molar-refractivity contribution in [1.29, 1.82) is 0 Å². The number of fused-ring (bicyclic) bond motifs is 1. The second-order valence-electron chi connectivity index (χ2n) is 6.91. The van der Waals surface area contributed by atoms with Crippen LogP contribution in [0.5, 0.6) is 0 Å². The van der Waals surface area contributed by atoms with Gasteiger partial charge in [0.1, 0.15) is 12.4 Å². The molecule has 1 heterocycles. The number of amides is 1. The van der Waals surface area contributed by atoms with E-state index in [0.29, 0.717) is 10.7 Å². The minimum atomic E-state index is -0.868. The third kappa shape index (κ3) is 5.13. The number of hydroxylamine groups is 1. The molecule has 0 unspecified atom stereocenters. The van der Waals surface area contributed by atoms with Crippen molar-refractivity contribution in [3.8, 4) is 0 Å². The topological polar surface area (TPSA) is 118 Å². The smallest absolute Gasteiger partial charge is 0.323 e. The standard InChI is InChI=1S/C22H14Cl2FN5O4/c23-16-7-5-12(9-17(16)24)27-22(31)34-29-20-11-26-21(14-3-1-2-4-18(14)25)15-10-13(30(32)33)6-8-19(15)28-20/h1-10H,11H2,(H,27,31)(H,28,29). The normalized spacial score (nSPS) is 12.6. The van der Waals surface area contributed by atoms with E-state index in [2.05, 4.69) is 20.8 Å². The predicted molar refractivity (Wildman–Crippen MR) is 127 cm³/mol. The summed E-state index contributed by atoms with van der Waals surface area (Å²) in [5, 5.41) is 14.3. The highest BCUT2D eigenvalue weighted by Crippen LogP contribution is 2.30. The van der Waals surface area contributed by atoms with Crippen LogP contribution in [0.4, 0.5) is 26.2 Å². The largest absolute Gasteiger partial charge is 0.435 e. The van der Waals surface area contributed by atoms with Gasteiger partial charge in [0.15, 0.2) is 5.84 Å². The summed E-state index contributed by atoms with van der Waals surface area (Å²) < 4.78 is 14.5. The maximum atomic E-state index is 14.5. The molecule has 0 aromatic heterocycles. The molecule has 1 aliphatic rings. The van der Waals surface area contributed by atoms with Crippen LogP contribution in [0.2, 0.25) is 10.0 Å². The van der Waals surface area contributed by atoms with Crippen LogP contribution < -0.4 is 10.8 Å². The molecule has 172 valence electrons. The highest BCUT2D eigenvalue weighted by atomic mass is 35.5. The molecule has 2 N–H and O–H groups in total. The van der Waals surface area contributed by atoms with Crippen molar-refractivity contribution in [2.45, 2.75) is 0 Å². The lowest BCUT2D eigenvalue weighted by Gasteiger charge is -2.09. The zero-order chi connectivity index (χ0) is 24.2. The highest BCUT2D eigenvalue weighted by molar-refractivity contribution is 6.42. The summed E-state index contributed by atoms with van der Waals surface area (Å²) in [7, 11) is 0. The fourth-order valence-electron chi connectivity index (χ4n) is 3.11. The van der Waals surface area contributed by atoms with Gasteiger partial charge in [0.25, 0.3) is 5.69 Å². The molecule has 1 amide bonds. The Bertz CT molecular complexity index is 1360. The monoisotopic (exact) mass is 501 g/mol. The molecule has 0 saturated carbocycles. The summed E-state index contributed by atoms with van der Waals surface area (Å²) >= 11 is 11.8. The predicted octanol–water partition coefficient (Wildman–Crippen LogP) is 5.68. The molecule has 0 radical (unpaired) electrons. The van der Waals surface area contributed by atoms with E-state index in [-0.39, 0.29) is 45.6 Å². The lowest BCUT2D eigenvalue weighted by atomic mass is 9.99. The first-order valence-electron chi connectivity index (χ1n) is 9.66. The first-order chi connectivity index (χ1) is 16.3. The molecule has 0 saturated heterocycles. The van der Waals surface area contributed by atoms with E-state index < -0.39 is 16.8 Å². The Morgan fingerprint density at radius 1 is 1.06 bits per heavy atom. The second kappa shape index (κ2) is 9.86. The van der Waals surface area contributed by atoms with E-state index in [0.717, 1.165) is 0 Å². The molecule has 12 heteroatoms. The van der Waals surface area contributed by atoms with Gasteiger partial charge in [-0.05, 0) is 36.4 Å². The van der Waals surface area contributed by atoms with Gasteiger partial charge < -0.3 is 4.84 Å². The number of nitrogens with zero attached hydrogens (tertiary/aromatic N) is 3. The van der Waals surface area contributed by atoms with Gasteiger partial charge in [-0.3, -0.25) is 20.4 Å². The number of nitro benzene ring substituents is 1. The summed E-state index contributed by atoms with van der Waals surface area (Å²) in [5.74, 6) is -0.432. The number of carbonyl (C=O) groups excluding carboxylic acids is 1. The van der Waals surface area contributed by atoms with Crippen molar-refractivity contribution in [2.75, 3.05) is 11.9 Å². The van der Waals surface area contributed by atoms with Crippen LogP contribution in [0.3, 0.4) is 0 Å². The highest BCUT2D eigenvalue weighted by Gasteiger charge is 2.22. The molecule has 0 atom stereocenters. The van der Waals surface area contributed by atoms with Gasteiger partial charge in [0.2, 0.25) is 0 Å². The quantitative estimate of drug-likeness (QED) is 0.353. The molecule has 34 heavy (non-hydrogen) atoms. The number of non-ortho nitro benzene ring substituents is 1. The molecule has 9 nitrogen and oxygen atoms in total. The molecule has 3 aromatic carbocycles. The van der Waals surface area contributed by atoms with Crippen LogP contribution in [0.25, 0.3) is 0 Å². The SMILES string of the molecule is O=C(Nc1ccc(Cl)c(Cl)c1)ONC1=Nc2ccc([N+](=O)[O-])cc2C(c2ccccc2F)=NC1. The lowest BCUT2D eigenvalue weighted by Crippen LogP contribution is -2.31. The Morgan fingerprint density at radius 2 is 1.85 bits per heavy atom. The second-order valence-corrected chi connectivity index (χ2v) is 7.72. The molecule has 0 bridgehead atoms. The fraction of sp³-hybridized carbons (Fsp3) is 0.0455. The Balaban J connectivity index is 1.59. The zero-order valence-electron chi connectivity index (χ0n) is 17.1. The third-order valence-electron chi connectivity index (χ3n) is 4.64. The summed E-state index contributed by atoms with van der Waals surface area (Å²) in [5.41, 5.74) is 3.43.